The van der Waals surface area contributed by atoms with Gasteiger partial charge in [-0.25, -0.2) is 4.79 Å². The second-order valence-corrected chi connectivity index (χ2v) is 4.71. The summed E-state index contributed by atoms with van der Waals surface area (Å²) in [6.07, 6.45) is 3.09. The molecule has 0 saturated carbocycles. The first kappa shape index (κ1) is 15.5. The molecule has 1 aliphatic heterocycles. The number of carbonyl (C=O) groups excluding carboxylic acids is 1. The molecule has 0 aliphatic carbocycles. The van der Waals surface area contributed by atoms with Crippen LogP contribution in [0.2, 0.25) is 0 Å². The smallest absolute Gasteiger partial charge is 0.410 e. The number of ether oxygens (including phenoxy) is 1. The first-order valence-corrected chi connectivity index (χ1v) is 6.49. The summed E-state index contributed by atoms with van der Waals surface area (Å²) < 4.78 is 4.98. The van der Waals surface area contributed by atoms with Crippen LogP contribution < -0.4 is 0 Å². The lowest BCUT2D eigenvalue weighted by molar-refractivity contribution is -0.137. The molecule has 1 rings (SSSR count). The Morgan fingerprint density at radius 1 is 1.47 bits per heavy atom. The summed E-state index contributed by atoms with van der Waals surface area (Å²) >= 11 is 0. The van der Waals surface area contributed by atoms with Crippen LogP contribution in [0.3, 0.4) is 0 Å². The second-order valence-electron chi connectivity index (χ2n) is 4.71. The van der Waals surface area contributed by atoms with E-state index in [-0.39, 0.29) is 19.1 Å². The van der Waals surface area contributed by atoms with Crippen LogP contribution in [0.1, 0.15) is 19.3 Å². The van der Waals surface area contributed by atoms with Gasteiger partial charge in [0.25, 0.3) is 0 Å². The van der Waals surface area contributed by atoms with E-state index in [2.05, 4.69) is 11.5 Å². The van der Waals surface area contributed by atoms with Crippen LogP contribution in [0.15, 0.2) is 12.7 Å². The highest BCUT2D eigenvalue weighted by atomic mass is 16.6. The fraction of sp³-hybridized carbons (Fsp3) is 0.692. The van der Waals surface area contributed by atoms with Crippen LogP contribution >= 0.6 is 0 Å². The Hall–Kier alpha value is -1.56. The average Bonchev–Trinajstić information content (AvgIpc) is 2.42. The Kier molecular flexibility index (Phi) is 6.35. The molecular formula is C13H22N2O4. The van der Waals surface area contributed by atoms with Crippen molar-refractivity contribution in [2.45, 2.75) is 25.3 Å². The molecule has 0 bridgehead atoms. The van der Waals surface area contributed by atoms with Gasteiger partial charge in [0.15, 0.2) is 0 Å². The zero-order valence-electron chi connectivity index (χ0n) is 11.4. The largest absolute Gasteiger partial charge is 0.481 e. The van der Waals surface area contributed by atoms with Crippen LogP contribution in [-0.4, -0.2) is 66.3 Å². The summed E-state index contributed by atoms with van der Waals surface area (Å²) in [6, 6.07) is 0.336. The number of likely N-dealkylation sites (tertiary alicyclic amines) is 1. The summed E-state index contributed by atoms with van der Waals surface area (Å²) in [5.41, 5.74) is 0. The summed E-state index contributed by atoms with van der Waals surface area (Å²) in [6.45, 7) is 5.58. The van der Waals surface area contributed by atoms with Crippen LogP contribution in [0.5, 0.6) is 0 Å². The maximum atomic E-state index is 11.6. The van der Waals surface area contributed by atoms with E-state index in [0.29, 0.717) is 25.7 Å². The molecule has 1 fully saturated rings. The SMILES string of the molecule is C=CCOC(=O)N1CCC(N(C)CCC(=O)O)CC1. The third-order valence-electron chi connectivity index (χ3n) is 3.35. The molecule has 0 radical (unpaired) electrons. The highest BCUT2D eigenvalue weighted by molar-refractivity contribution is 5.68. The van der Waals surface area contributed by atoms with E-state index >= 15 is 0 Å². The molecule has 0 aromatic rings. The highest BCUT2D eigenvalue weighted by Gasteiger charge is 2.25. The second kappa shape index (κ2) is 7.78. The molecule has 0 atom stereocenters. The summed E-state index contributed by atoms with van der Waals surface area (Å²) in [7, 11) is 1.93. The van der Waals surface area contributed by atoms with Gasteiger partial charge >= 0.3 is 12.1 Å². The maximum Gasteiger partial charge on any atom is 0.410 e. The fourth-order valence-electron chi connectivity index (χ4n) is 2.17. The number of hydrogen-bond acceptors (Lipinski definition) is 4. The van der Waals surface area contributed by atoms with Crippen LogP contribution in [0.25, 0.3) is 0 Å². The van der Waals surface area contributed by atoms with Gasteiger partial charge in [0, 0.05) is 25.7 Å². The average molecular weight is 270 g/mol. The van der Waals surface area contributed by atoms with Gasteiger partial charge < -0.3 is 19.6 Å². The maximum absolute atomic E-state index is 11.6. The number of carboxylic acid groups (broad SMARTS) is 1. The Bertz CT molecular complexity index is 325. The molecule has 0 aromatic heterocycles. The zero-order valence-corrected chi connectivity index (χ0v) is 11.4. The molecule has 1 saturated heterocycles. The molecule has 1 aliphatic rings. The molecule has 0 spiro atoms. The van der Waals surface area contributed by atoms with E-state index in [1.54, 1.807) is 11.0 Å². The molecular weight excluding hydrogens is 248 g/mol. The van der Waals surface area contributed by atoms with Gasteiger partial charge in [0.05, 0.1) is 6.42 Å². The van der Waals surface area contributed by atoms with E-state index in [4.69, 9.17) is 9.84 Å². The van der Waals surface area contributed by atoms with Gasteiger partial charge in [-0.15, -0.1) is 0 Å². The molecule has 1 N–H and O–H groups in total. The van der Waals surface area contributed by atoms with E-state index in [1.807, 2.05) is 7.05 Å². The van der Waals surface area contributed by atoms with Crippen LogP contribution in [0.4, 0.5) is 4.79 Å². The van der Waals surface area contributed by atoms with Gasteiger partial charge in [-0.1, -0.05) is 12.7 Å². The van der Waals surface area contributed by atoms with Gasteiger partial charge in [-0.2, -0.15) is 0 Å². The number of carboxylic acids is 1. The van der Waals surface area contributed by atoms with Crippen molar-refractivity contribution in [2.24, 2.45) is 0 Å². The van der Waals surface area contributed by atoms with Crippen molar-refractivity contribution in [3.8, 4) is 0 Å². The van der Waals surface area contributed by atoms with Crippen molar-refractivity contribution >= 4 is 12.1 Å². The number of piperidine rings is 1. The minimum absolute atomic E-state index is 0.151. The number of amides is 1. The Morgan fingerprint density at radius 2 is 2.11 bits per heavy atom. The molecule has 108 valence electrons. The number of hydrogen-bond donors (Lipinski definition) is 1. The predicted octanol–water partition coefficient (Wildman–Crippen LogP) is 1.18. The summed E-state index contributed by atoms with van der Waals surface area (Å²) in [4.78, 5) is 25.9. The normalized spacial score (nSPS) is 16.4. The van der Waals surface area contributed by atoms with Gasteiger partial charge in [-0.3, -0.25) is 4.79 Å². The minimum atomic E-state index is -0.780. The third-order valence-corrected chi connectivity index (χ3v) is 3.35. The number of rotatable bonds is 6. The quantitative estimate of drug-likeness (QED) is 0.734. The Morgan fingerprint density at radius 3 is 2.63 bits per heavy atom. The number of nitrogens with zero attached hydrogens (tertiary/aromatic N) is 2. The van der Waals surface area contributed by atoms with Crippen molar-refractivity contribution < 1.29 is 19.4 Å². The number of carbonyl (C=O) groups is 2. The lowest BCUT2D eigenvalue weighted by Crippen LogP contribution is -2.46. The third kappa shape index (κ3) is 5.30. The molecule has 6 nitrogen and oxygen atoms in total. The lowest BCUT2D eigenvalue weighted by atomic mass is 10.0. The molecule has 0 unspecified atom stereocenters. The first-order chi connectivity index (χ1) is 9.04. The fourth-order valence-corrected chi connectivity index (χ4v) is 2.17. The topological polar surface area (TPSA) is 70.1 Å². The van der Waals surface area contributed by atoms with Crippen molar-refractivity contribution in [2.75, 3.05) is 33.3 Å². The summed E-state index contributed by atoms with van der Waals surface area (Å²) in [5.74, 6) is -0.780. The van der Waals surface area contributed by atoms with Gasteiger partial charge in [-0.05, 0) is 19.9 Å². The Balaban J connectivity index is 2.29. The van der Waals surface area contributed by atoms with E-state index < -0.39 is 5.97 Å². The van der Waals surface area contributed by atoms with Gasteiger partial charge in [0.1, 0.15) is 6.61 Å². The molecule has 6 heteroatoms. The van der Waals surface area contributed by atoms with Crippen LogP contribution in [0, 0.1) is 0 Å². The van der Waals surface area contributed by atoms with Gasteiger partial charge in [0.2, 0.25) is 0 Å². The van der Waals surface area contributed by atoms with Crippen molar-refractivity contribution in [1.29, 1.82) is 0 Å². The standard InChI is InChI=1S/C13H22N2O4/c1-3-10-19-13(18)15-8-4-11(5-9-15)14(2)7-6-12(16)17/h3,11H,1,4-10H2,2H3,(H,16,17). The van der Waals surface area contributed by atoms with E-state index in [0.717, 1.165) is 12.8 Å². The highest BCUT2D eigenvalue weighted by Crippen LogP contribution is 2.16. The van der Waals surface area contributed by atoms with E-state index in [9.17, 15) is 9.59 Å². The zero-order chi connectivity index (χ0) is 14.3. The first-order valence-electron chi connectivity index (χ1n) is 6.49. The lowest BCUT2D eigenvalue weighted by Gasteiger charge is -2.36. The monoisotopic (exact) mass is 270 g/mol. The minimum Gasteiger partial charge on any atom is -0.481 e. The van der Waals surface area contributed by atoms with Crippen LogP contribution in [-0.2, 0) is 9.53 Å². The summed E-state index contributed by atoms with van der Waals surface area (Å²) in [5, 5.41) is 8.65. The van der Waals surface area contributed by atoms with Crippen molar-refractivity contribution in [1.82, 2.24) is 9.80 Å². The molecule has 1 heterocycles. The van der Waals surface area contributed by atoms with Crippen molar-refractivity contribution in [3.05, 3.63) is 12.7 Å². The predicted molar refractivity (Wildman–Crippen MR) is 71.0 cm³/mol. The number of aliphatic carboxylic acids is 1. The van der Waals surface area contributed by atoms with Crippen molar-refractivity contribution in [3.63, 3.8) is 0 Å². The molecule has 0 aromatic carbocycles. The molecule has 19 heavy (non-hydrogen) atoms. The van der Waals surface area contributed by atoms with E-state index in [1.165, 1.54) is 0 Å². The Labute approximate surface area is 113 Å². The molecule has 1 amide bonds.